The number of benzene rings is 2. The summed E-state index contributed by atoms with van der Waals surface area (Å²) in [6.45, 7) is 8.24. The van der Waals surface area contributed by atoms with Crippen molar-refractivity contribution in [3.63, 3.8) is 0 Å². The highest BCUT2D eigenvalue weighted by atomic mass is 31.2. The van der Waals surface area contributed by atoms with E-state index < -0.39 is 13.3 Å². The lowest BCUT2D eigenvalue weighted by Crippen LogP contribution is -2.37. The monoisotopic (exact) mass is 447 g/mol. The van der Waals surface area contributed by atoms with Crippen LogP contribution in [0.1, 0.15) is 57.3 Å². The minimum absolute atomic E-state index is 0.128. The summed E-state index contributed by atoms with van der Waals surface area (Å²) in [5.74, 6) is -0.161. The zero-order chi connectivity index (χ0) is 22.7. The standard InChI is InChI=1S/C24H34NO5P/c1-5-29-31(27,30-6-2)23(22-15-11-8-12-16-22)17-18-24(26)25(20(3)4)28-19-21-13-9-7-10-14-21/h7-16,20,23H,5-6,17-19H2,1-4H3. The second-order valence-corrected chi connectivity index (χ2v) is 9.63. The van der Waals surface area contributed by atoms with Crippen molar-refractivity contribution in [3.8, 4) is 0 Å². The molecule has 0 heterocycles. The first-order valence-electron chi connectivity index (χ1n) is 10.8. The highest BCUT2D eigenvalue weighted by Crippen LogP contribution is 2.62. The predicted molar refractivity (Wildman–Crippen MR) is 122 cm³/mol. The van der Waals surface area contributed by atoms with Crippen LogP contribution in [-0.2, 0) is 29.9 Å². The van der Waals surface area contributed by atoms with Gasteiger partial charge in [0.1, 0.15) is 6.61 Å². The van der Waals surface area contributed by atoms with E-state index in [-0.39, 0.29) is 31.6 Å². The van der Waals surface area contributed by atoms with Crippen LogP contribution >= 0.6 is 7.60 Å². The van der Waals surface area contributed by atoms with E-state index in [9.17, 15) is 9.36 Å². The largest absolute Gasteiger partial charge is 0.338 e. The van der Waals surface area contributed by atoms with Gasteiger partial charge in [0.2, 0.25) is 5.91 Å². The van der Waals surface area contributed by atoms with Gasteiger partial charge in [-0.1, -0.05) is 60.7 Å². The van der Waals surface area contributed by atoms with Gasteiger partial charge in [-0.05, 0) is 45.2 Å². The molecule has 170 valence electrons. The molecule has 31 heavy (non-hydrogen) atoms. The average molecular weight is 448 g/mol. The van der Waals surface area contributed by atoms with Crippen molar-refractivity contribution >= 4 is 13.5 Å². The number of rotatable bonds is 13. The fraction of sp³-hybridized carbons (Fsp3) is 0.458. The Morgan fingerprint density at radius 1 is 0.935 bits per heavy atom. The molecule has 2 aromatic rings. The van der Waals surface area contributed by atoms with Crippen LogP contribution in [0.4, 0.5) is 0 Å². The predicted octanol–water partition coefficient (Wildman–Crippen LogP) is 6.14. The second kappa shape index (κ2) is 12.8. The normalized spacial score (nSPS) is 12.7. The average Bonchev–Trinajstić information content (AvgIpc) is 2.75. The number of amides is 1. The highest BCUT2D eigenvalue weighted by Gasteiger charge is 2.37. The van der Waals surface area contributed by atoms with E-state index in [0.29, 0.717) is 13.0 Å². The molecule has 0 saturated carbocycles. The maximum Gasteiger partial charge on any atom is 0.338 e. The number of hydroxylamine groups is 2. The van der Waals surface area contributed by atoms with Crippen LogP contribution in [0, 0.1) is 0 Å². The minimum atomic E-state index is -3.44. The molecular weight excluding hydrogens is 413 g/mol. The Labute approximate surface area is 186 Å². The lowest BCUT2D eigenvalue weighted by molar-refractivity contribution is -0.202. The summed E-state index contributed by atoms with van der Waals surface area (Å²) < 4.78 is 24.8. The molecule has 2 aromatic carbocycles. The Bertz CT molecular complexity index is 818. The van der Waals surface area contributed by atoms with Crippen molar-refractivity contribution < 1.29 is 23.2 Å². The van der Waals surface area contributed by atoms with Gasteiger partial charge < -0.3 is 9.05 Å². The quantitative estimate of drug-likeness (QED) is 0.272. The molecule has 2 rings (SSSR count). The molecule has 1 atom stereocenters. The zero-order valence-corrected chi connectivity index (χ0v) is 19.8. The van der Waals surface area contributed by atoms with Crippen LogP contribution in [0.3, 0.4) is 0 Å². The molecule has 0 radical (unpaired) electrons. The maximum absolute atomic E-state index is 13.5. The fourth-order valence-corrected chi connectivity index (χ4v) is 5.49. The van der Waals surface area contributed by atoms with Gasteiger partial charge in [-0.15, -0.1) is 0 Å². The first kappa shape index (κ1) is 25.3. The highest BCUT2D eigenvalue weighted by molar-refractivity contribution is 7.54. The summed E-state index contributed by atoms with van der Waals surface area (Å²) in [7, 11) is -3.44. The van der Waals surface area contributed by atoms with Crippen molar-refractivity contribution in [2.24, 2.45) is 0 Å². The topological polar surface area (TPSA) is 65.1 Å². The summed E-state index contributed by atoms with van der Waals surface area (Å²) in [5, 5.41) is 1.40. The summed E-state index contributed by atoms with van der Waals surface area (Å²) in [5.41, 5.74) is 1.29. The number of carbonyl (C=O) groups is 1. The van der Waals surface area contributed by atoms with Gasteiger partial charge in [-0.3, -0.25) is 14.2 Å². The third-order valence-corrected chi connectivity index (χ3v) is 7.30. The summed E-state index contributed by atoms with van der Waals surface area (Å²) in [4.78, 5) is 18.8. The Morgan fingerprint density at radius 2 is 1.48 bits per heavy atom. The number of hydrogen-bond acceptors (Lipinski definition) is 5. The van der Waals surface area contributed by atoms with E-state index in [0.717, 1.165) is 11.1 Å². The first-order chi connectivity index (χ1) is 14.9. The van der Waals surface area contributed by atoms with Crippen molar-refractivity contribution in [2.45, 2.75) is 58.8 Å². The Hall–Kier alpha value is -1.98. The molecule has 0 aliphatic carbocycles. The van der Waals surface area contributed by atoms with Crippen molar-refractivity contribution in [1.29, 1.82) is 0 Å². The third-order valence-electron chi connectivity index (χ3n) is 4.74. The molecule has 0 fully saturated rings. The Morgan fingerprint density at radius 3 is 2.00 bits per heavy atom. The van der Waals surface area contributed by atoms with Crippen LogP contribution in [0.2, 0.25) is 0 Å². The molecule has 0 spiro atoms. The van der Waals surface area contributed by atoms with Gasteiger partial charge in [-0.25, -0.2) is 5.06 Å². The molecule has 0 aliphatic heterocycles. The lowest BCUT2D eigenvalue weighted by Gasteiger charge is -2.29. The van der Waals surface area contributed by atoms with E-state index in [1.165, 1.54) is 5.06 Å². The molecule has 0 aromatic heterocycles. The molecule has 1 unspecified atom stereocenters. The van der Waals surface area contributed by atoms with E-state index in [2.05, 4.69) is 0 Å². The first-order valence-corrected chi connectivity index (χ1v) is 12.4. The summed E-state index contributed by atoms with van der Waals surface area (Å²) in [6, 6.07) is 19.0. The van der Waals surface area contributed by atoms with Crippen molar-refractivity contribution in [3.05, 3.63) is 71.8 Å². The second-order valence-electron chi connectivity index (χ2n) is 7.41. The van der Waals surface area contributed by atoms with Gasteiger partial charge in [-0.2, -0.15) is 0 Å². The lowest BCUT2D eigenvalue weighted by atomic mass is 10.1. The van der Waals surface area contributed by atoms with Gasteiger partial charge in [0.25, 0.3) is 0 Å². The molecule has 1 amide bonds. The number of carbonyl (C=O) groups excluding carboxylic acids is 1. The van der Waals surface area contributed by atoms with Crippen LogP contribution < -0.4 is 0 Å². The molecule has 0 N–H and O–H groups in total. The van der Waals surface area contributed by atoms with Gasteiger partial charge in [0.05, 0.1) is 24.9 Å². The molecule has 0 aliphatic rings. The molecular formula is C24H34NO5P. The van der Waals surface area contributed by atoms with E-state index in [1.54, 1.807) is 13.8 Å². The van der Waals surface area contributed by atoms with E-state index in [1.807, 2.05) is 74.5 Å². The smallest absolute Gasteiger partial charge is 0.308 e. The minimum Gasteiger partial charge on any atom is -0.308 e. The van der Waals surface area contributed by atoms with Crippen molar-refractivity contribution in [1.82, 2.24) is 5.06 Å². The molecule has 0 bridgehead atoms. The Balaban J connectivity index is 2.14. The Kier molecular flexibility index (Phi) is 10.4. The maximum atomic E-state index is 13.5. The van der Waals surface area contributed by atoms with Crippen LogP contribution in [0.15, 0.2) is 60.7 Å². The fourth-order valence-electron chi connectivity index (χ4n) is 3.36. The molecule has 7 heteroatoms. The van der Waals surface area contributed by atoms with Gasteiger partial charge in [0, 0.05) is 6.42 Å². The summed E-state index contributed by atoms with van der Waals surface area (Å²) in [6.07, 6.45) is 0.495. The summed E-state index contributed by atoms with van der Waals surface area (Å²) >= 11 is 0. The van der Waals surface area contributed by atoms with E-state index >= 15 is 0 Å². The van der Waals surface area contributed by atoms with Crippen LogP contribution in [-0.4, -0.2) is 30.2 Å². The van der Waals surface area contributed by atoms with Gasteiger partial charge in [0.15, 0.2) is 0 Å². The zero-order valence-electron chi connectivity index (χ0n) is 18.9. The van der Waals surface area contributed by atoms with Crippen molar-refractivity contribution in [2.75, 3.05) is 13.2 Å². The van der Waals surface area contributed by atoms with Crippen LogP contribution in [0.5, 0.6) is 0 Å². The molecule has 6 nitrogen and oxygen atoms in total. The van der Waals surface area contributed by atoms with Crippen LogP contribution in [0.25, 0.3) is 0 Å². The SMILES string of the molecule is CCOP(=O)(OCC)C(CCC(=O)N(OCc1ccccc1)C(C)C)c1ccccc1. The molecule has 0 saturated heterocycles. The number of nitrogens with zero attached hydrogens (tertiary/aromatic N) is 1. The number of hydrogen-bond donors (Lipinski definition) is 0. The van der Waals surface area contributed by atoms with E-state index in [4.69, 9.17) is 13.9 Å². The third kappa shape index (κ3) is 7.58. The van der Waals surface area contributed by atoms with Gasteiger partial charge >= 0.3 is 7.60 Å².